The van der Waals surface area contributed by atoms with E-state index in [-0.39, 0.29) is 11.4 Å². The Morgan fingerprint density at radius 1 is 0.933 bits per heavy atom. The van der Waals surface area contributed by atoms with E-state index in [1.807, 2.05) is 13.8 Å². The molecule has 0 aliphatic heterocycles. The lowest BCUT2D eigenvalue weighted by atomic mass is 10.2. The van der Waals surface area contributed by atoms with Crippen molar-refractivity contribution in [2.24, 2.45) is 0 Å². The molecule has 0 fully saturated rings. The third kappa shape index (κ3) is 3.72. The standard InChI is InChI=1S/C7H6N2O4.C2H6/c1-5-2-6(8(10)11)4-7(3-5)9(12)13;1-2/h2-4H,1H3;1-2H3. The van der Waals surface area contributed by atoms with Crippen LogP contribution in [-0.2, 0) is 0 Å². The number of non-ortho nitro benzene ring substituents is 2. The van der Waals surface area contributed by atoms with E-state index in [9.17, 15) is 20.2 Å². The zero-order chi connectivity index (χ0) is 12.0. The average molecular weight is 212 g/mol. The zero-order valence-corrected chi connectivity index (χ0v) is 8.76. The molecule has 0 radical (unpaired) electrons. The van der Waals surface area contributed by atoms with E-state index >= 15 is 0 Å². The maximum atomic E-state index is 10.3. The van der Waals surface area contributed by atoms with Gasteiger partial charge in [0, 0.05) is 12.1 Å². The smallest absolute Gasteiger partial charge is 0.258 e. The van der Waals surface area contributed by atoms with Gasteiger partial charge in [0.05, 0.1) is 15.9 Å². The number of hydrogen-bond donors (Lipinski definition) is 0. The Bertz CT molecular complexity index is 344. The fraction of sp³-hybridized carbons (Fsp3) is 0.333. The largest absolute Gasteiger partial charge is 0.276 e. The van der Waals surface area contributed by atoms with Crippen molar-refractivity contribution in [2.75, 3.05) is 0 Å². The summed E-state index contributed by atoms with van der Waals surface area (Å²) in [6, 6.07) is 3.51. The molecule has 0 heterocycles. The molecular formula is C9H12N2O4. The molecule has 0 N–H and O–H groups in total. The molecule has 82 valence electrons. The SMILES string of the molecule is CC.Cc1cc([N+](=O)[O-])cc([N+](=O)[O-])c1. The molecule has 1 aromatic carbocycles. The summed E-state index contributed by atoms with van der Waals surface area (Å²) >= 11 is 0. The molecule has 0 amide bonds. The van der Waals surface area contributed by atoms with Crippen LogP contribution in [0.4, 0.5) is 11.4 Å². The van der Waals surface area contributed by atoms with Crippen LogP contribution < -0.4 is 0 Å². The summed E-state index contributed by atoms with van der Waals surface area (Å²) in [5.41, 5.74) is -0.0145. The van der Waals surface area contributed by atoms with Gasteiger partial charge in [0.15, 0.2) is 0 Å². The van der Waals surface area contributed by atoms with Crippen molar-refractivity contribution >= 4 is 11.4 Å². The summed E-state index contributed by atoms with van der Waals surface area (Å²) in [7, 11) is 0. The van der Waals surface area contributed by atoms with Crippen LogP contribution in [0.25, 0.3) is 0 Å². The fourth-order valence-corrected chi connectivity index (χ4v) is 0.954. The van der Waals surface area contributed by atoms with Crippen LogP contribution in [0.3, 0.4) is 0 Å². The zero-order valence-electron chi connectivity index (χ0n) is 8.76. The summed E-state index contributed by atoms with van der Waals surface area (Å²) < 4.78 is 0. The minimum Gasteiger partial charge on any atom is -0.258 e. The number of hydrogen-bond acceptors (Lipinski definition) is 4. The van der Waals surface area contributed by atoms with E-state index in [2.05, 4.69) is 0 Å². The first-order valence-electron chi connectivity index (χ1n) is 4.41. The van der Waals surface area contributed by atoms with Gasteiger partial charge in [-0.2, -0.15) is 0 Å². The predicted molar refractivity (Wildman–Crippen MR) is 55.8 cm³/mol. The molecule has 0 aromatic heterocycles. The van der Waals surface area contributed by atoms with Gasteiger partial charge < -0.3 is 0 Å². The second-order valence-corrected chi connectivity index (χ2v) is 2.54. The first-order chi connectivity index (χ1) is 7.00. The average Bonchev–Trinajstić information content (AvgIpc) is 2.19. The lowest BCUT2D eigenvalue weighted by Crippen LogP contribution is -1.93. The lowest BCUT2D eigenvalue weighted by molar-refractivity contribution is -0.394. The molecule has 0 bridgehead atoms. The van der Waals surface area contributed by atoms with Gasteiger partial charge in [-0.05, 0) is 12.5 Å². The van der Waals surface area contributed by atoms with Crippen molar-refractivity contribution < 1.29 is 9.85 Å². The molecule has 1 rings (SSSR count). The van der Waals surface area contributed by atoms with Crippen molar-refractivity contribution in [3.05, 3.63) is 44.0 Å². The van der Waals surface area contributed by atoms with Gasteiger partial charge in [0.1, 0.15) is 0 Å². The van der Waals surface area contributed by atoms with E-state index in [1.165, 1.54) is 12.1 Å². The Kier molecular flexibility index (Phi) is 4.94. The van der Waals surface area contributed by atoms with Crippen LogP contribution in [0, 0.1) is 27.2 Å². The van der Waals surface area contributed by atoms with Crippen molar-refractivity contribution in [3.8, 4) is 0 Å². The van der Waals surface area contributed by atoms with Crippen LogP contribution in [0.1, 0.15) is 19.4 Å². The van der Waals surface area contributed by atoms with E-state index in [1.54, 1.807) is 6.92 Å². The Morgan fingerprint density at radius 2 is 1.27 bits per heavy atom. The van der Waals surface area contributed by atoms with E-state index < -0.39 is 9.85 Å². The number of benzene rings is 1. The van der Waals surface area contributed by atoms with E-state index in [0.717, 1.165) is 6.07 Å². The number of nitro benzene ring substituents is 2. The quantitative estimate of drug-likeness (QED) is 0.557. The minimum absolute atomic E-state index is 0.258. The first-order valence-corrected chi connectivity index (χ1v) is 4.41. The highest BCUT2D eigenvalue weighted by Gasteiger charge is 2.14. The van der Waals surface area contributed by atoms with Gasteiger partial charge in [-0.15, -0.1) is 0 Å². The summed E-state index contributed by atoms with van der Waals surface area (Å²) in [6.45, 7) is 5.57. The Balaban J connectivity index is 0.000000921. The first kappa shape index (κ1) is 13.0. The minimum atomic E-state index is -0.653. The highest BCUT2D eigenvalue weighted by Crippen LogP contribution is 2.21. The molecule has 1 aromatic rings. The van der Waals surface area contributed by atoms with E-state index in [0.29, 0.717) is 5.56 Å². The molecule has 0 atom stereocenters. The van der Waals surface area contributed by atoms with Crippen molar-refractivity contribution in [3.63, 3.8) is 0 Å². The van der Waals surface area contributed by atoms with Crippen LogP contribution in [0.5, 0.6) is 0 Å². The maximum absolute atomic E-state index is 10.3. The molecule has 0 unspecified atom stereocenters. The normalized spacial score (nSPS) is 8.73. The number of aryl methyl sites for hydroxylation is 1. The number of nitrogens with zero attached hydrogens (tertiary/aromatic N) is 2. The topological polar surface area (TPSA) is 86.3 Å². The molecule has 0 saturated carbocycles. The van der Waals surface area contributed by atoms with Crippen molar-refractivity contribution in [1.29, 1.82) is 0 Å². The molecule has 0 saturated heterocycles. The van der Waals surface area contributed by atoms with Crippen LogP contribution >= 0.6 is 0 Å². The molecule has 6 nitrogen and oxygen atoms in total. The summed E-state index contributed by atoms with van der Waals surface area (Å²) in [6.07, 6.45) is 0. The Labute approximate surface area is 86.8 Å². The molecule has 0 aliphatic rings. The molecule has 0 aliphatic carbocycles. The van der Waals surface area contributed by atoms with Gasteiger partial charge in [-0.3, -0.25) is 20.2 Å². The number of nitro groups is 2. The third-order valence-electron chi connectivity index (χ3n) is 1.47. The van der Waals surface area contributed by atoms with Crippen LogP contribution in [0.15, 0.2) is 18.2 Å². The fourth-order valence-electron chi connectivity index (χ4n) is 0.954. The molecule has 0 spiro atoms. The summed E-state index contributed by atoms with van der Waals surface area (Å²) in [5, 5.41) is 20.6. The van der Waals surface area contributed by atoms with Gasteiger partial charge in [-0.1, -0.05) is 13.8 Å². The van der Waals surface area contributed by atoms with Crippen molar-refractivity contribution in [1.82, 2.24) is 0 Å². The predicted octanol–water partition coefficient (Wildman–Crippen LogP) is 2.84. The van der Waals surface area contributed by atoms with Crippen LogP contribution in [-0.4, -0.2) is 9.85 Å². The third-order valence-corrected chi connectivity index (χ3v) is 1.47. The summed E-state index contributed by atoms with van der Waals surface area (Å²) in [5.74, 6) is 0. The highest BCUT2D eigenvalue weighted by atomic mass is 16.6. The second kappa shape index (κ2) is 5.69. The van der Waals surface area contributed by atoms with Gasteiger partial charge in [0.2, 0.25) is 0 Å². The van der Waals surface area contributed by atoms with Crippen molar-refractivity contribution in [2.45, 2.75) is 20.8 Å². The van der Waals surface area contributed by atoms with E-state index in [4.69, 9.17) is 0 Å². The molecular weight excluding hydrogens is 200 g/mol. The Morgan fingerprint density at radius 3 is 1.53 bits per heavy atom. The lowest BCUT2D eigenvalue weighted by Gasteiger charge is -1.94. The maximum Gasteiger partial charge on any atom is 0.276 e. The monoisotopic (exact) mass is 212 g/mol. The van der Waals surface area contributed by atoms with Gasteiger partial charge in [0.25, 0.3) is 11.4 Å². The van der Waals surface area contributed by atoms with Crippen LogP contribution in [0.2, 0.25) is 0 Å². The van der Waals surface area contributed by atoms with Gasteiger partial charge >= 0.3 is 0 Å². The Hall–Kier alpha value is -1.98. The van der Waals surface area contributed by atoms with Gasteiger partial charge in [-0.25, -0.2) is 0 Å². The molecule has 15 heavy (non-hydrogen) atoms. The molecule has 6 heteroatoms. The number of rotatable bonds is 2. The second-order valence-electron chi connectivity index (χ2n) is 2.54. The highest BCUT2D eigenvalue weighted by molar-refractivity contribution is 5.46. The summed E-state index contributed by atoms with van der Waals surface area (Å²) in [4.78, 5) is 19.3.